The summed E-state index contributed by atoms with van der Waals surface area (Å²) in [5.74, 6) is 1.07. The van der Waals surface area contributed by atoms with Crippen molar-refractivity contribution in [3.63, 3.8) is 0 Å². The third-order valence-corrected chi connectivity index (χ3v) is 6.20. The number of hydrogen-bond donors (Lipinski definition) is 1. The zero-order valence-electron chi connectivity index (χ0n) is 16.5. The van der Waals surface area contributed by atoms with E-state index in [1.165, 1.54) is 11.8 Å². The van der Waals surface area contributed by atoms with Crippen molar-refractivity contribution in [3.05, 3.63) is 51.2 Å². The van der Waals surface area contributed by atoms with Gasteiger partial charge in [-0.15, -0.1) is 0 Å². The van der Waals surface area contributed by atoms with Gasteiger partial charge in [0.1, 0.15) is 0 Å². The Morgan fingerprint density at radius 2 is 2.07 bits per heavy atom. The molecule has 156 valence electrons. The second-order valence-corrected chi connectivity index (χ2v) is 9.05. The molecule has 2 aromatic carbocycles. The molecule has 30 heavy (non-hydrogen) atoms. The molecule has 1 aliphatic rings. The first-order valence-electron chi connectivity index (χ1n) is 9.53. The van der Waals surface area contributed by atoms with E-state index in [1.54, 1.807) is 41.8 Å². The molecule has 1 amide bonds. The number of nitrogens with one attached hydrogen (secondary N) is 1. The van der Waals surface area contributed by atoms with Gasteiger partial charge in [-0.1, -0.05) is 34.6 Å². The maximum absolute atomic E-state index is 13.0. The Labute approximate surface area is 185 Å². The molecule has 1 atom stereocenters. The van der Waals surface area contributed by atoms with Gasteiger partial charge in [-0.25, -0.2) is 4.98 Å². The van der Waals surface area contributed by atoms with E-state index in [0.717, 1.165) is 10.9 Å². The second kappa shape index (κ2) is 8.69. The number of halogens is 1. The maximum atomic E-state index is 13.0. The predicted octanol–water partition coefficient (Wildman–Crippen LogP) is 4.42. The minimum absolute atomic E-state index is 0.103. The lowest BCUT2D eigenvalue weighted by atomic mass is 10.2. The molecule has 3 aromatic rings. The number of ether oxygens (including phenoxy) is 2. The summed E-state index contributed by atoms with van der Waals surface area (Å²) in [6, 6.07) is 10.7. The van der Waals surface area contributed by atoms with Gasteiger partial charge in [0, 0.05) is 22.8 Å². The SMILES string of the molecule is CCCn1c(SC(C)C(=O)Nc2ccc3c(c2)OCO3)nc2ccc(Br)cc2c1=O. The molecule has 9 heteroatoms. The number of carbonyl (C=O) groups excluding carboxylic acids is 1. The third kappa shape index (κ3) is 4.17. The molecule has 1 unspecified atom stereocenters. The fraction of sp³-hybridized carbons (Fsp3) is 0.286. The molecule has 1 N–H and O–H groups in total. The first-order chi connectivity index (χ1) is 14.5. The highest BCUT2D eigenvalue weighted by Gasteiger charge is 2.21. The first kappa shape index (κ1) is 20.7. The van der Waals surface area contributed by atoms with Gasteiger partial charge in [0.2, 0.25) is 12.7 Å². The molecule has 7 nitrogen and oxygen atoms in total. The van der Waals surface area contributed by atoms with Crippen LogP contribution in [0.3, 0.4) is 0 Å². The lowest BCUT2D eigenvalue weighted by Crippen LogP contribution is -2.27. The second-order valence-electron chi connectivity index (χ2n) is 6.83. The van der Waals surface area contributed by atoms with Gasteiger partial charge in [-0.3, -0.25) is 14.2 Å². The predicted molar refractivity (Wildman–Crippen MR) is 121 cm³/mol. The van der Waals surface area contributed by atoms with E-state index >= 15 is 0 Å². The number of nitrogens with zero attached hydrogens (tertiary/aromatic N) is 2. The van der Waals surface area contributed by atoms with E-state index in [2.05, 4.69) is 26.2 Å². The molecule has 0 spiro atoms. The zero-order chi connectivity index (χ0) is 21.3. The number of rotatable bonds is 6. The van der Waals surface area contributed by atoms with Crippen LogP contribution in [0.1, 0.15) is 20.3 Å². The standard InChI is InChI=1S/C21H20BrN3O4S/c1-3-8-25-20(27)15-9-13(22)4-6-16(15)24-21(25)30-12(2)19(26)23-14-5-7-17-18(10-14)29-11-28-17/h4-7,9-10,12H,3,8,11H2,1-2H3,(H,23,26). The summed E-state index contributed by atoms with van der Waals surface area (Å²) < 4.78 is 13.1. The normalized spacial score (nSPS) is 13.4. The molecule has 0 saturated carbocycles. The van der Waals surface area contributed by atoms with Gasteiger partial charge in [0.25, 0.3) is 5.56 Å². The van der Waals surface area contributed by atoms with Crippen LogP contribution in [-0.4, -0.2) is 27.5 Å². The number of hydrogen-bond acceptors (Lipinski definition) is 6. The summed E-state index contributed by atoms with van der Waals surface area (Å²) in [5, 5.41) is 3.51. The minimum atomic E-state index is -0.460. The molecule has 0 fully saturated rings. The van der Waals surface area contributed by atoms with Crippen LogP contribution in [-0.2, 0) is 11.3 Å². The maximum Gasteiger partial charge on any atom is 0.262 e. The number of carbonyl (C=O) groups is 1. The van der Waals surface area contributed by atoms with Crippen molar-refractivity contribution in [2.24, 2.45) is 0 Å². The van der Waals surface area contributed by atoms with Crippen molar-refractivity contribution in [2.45, 2.75) is 37.2 Å². The molecule has 1 aliphatic heterocycles. The van der Waals surface area contributed by atoms with Crippen molar-refractivity contribution in [2.75, 3.05) is 12.1 Å². The summed E-state index contributed by atoms with van der Waals surface area (Å²) in [6.45, 7) is 4.51. The minimum Gasteiger partial charge on any atom is -0.454 e. The summed E-state index contributed by atoms with van der Waals surface area (Å²) in [6.07, 6.45) is 0.784. The van der Waals surface area contributed by atoms with E-state index < -0.39 is 5.25 Å². The summed E-state index contributed by atoms with van der Waals surface area (Å²) >= 11 is 4.68. The van der Waals surface area contributed by atoms with Crippen LogP contribution in [0, 0.1) is 0 Å². The topological polar surface area (TPSA) is 82.5 Å². The molecular formula is C21H20BrN3O4S. The molecule has 0 aliphatic carbocycles. The van der Waals surface area contributed by atoms with Gasteiger partial charge in [0.15, 0.2) is 16.7 Å². The van der Waals surface area contributed by atoms with Crippen LogP contribution in [0.5, 0.6) is 11.5 Å². The highest BCUT2D eigenvalue weighted by Crippen LogP contribution is 2.34. The van der Waals surface area contributed by atoms with Crippen LogP contribution in [0.4, 0.5) is 5.69 Å². The zero-order valence-corrected chi connectivity index (χ0v) is 18.9. The average Bonchev–Trinajstić information content (AvgIpc) is 3.19. The fourth-order valence-corrected chi connectivity index (χ4v) is 4.41. The lowest BCUT2D eigenvalue weighted by Gasteiger charge is -2.16. The van der Waals surface area contributed by atoms with E-state index in [9.17, 15) is 9.59 Å². The number of benzene rings is 2. The van der Waals surface area contributed by atoms with Crippen molar-refractivity contribution >= 4 is 50.2 Å². The largest absolute Gasteiger partial charge is 0.454 e. The Morgan fingerprint density at radius 3 is 2.87 bits per heavy atom. The van der Waals surface area contributed by atoms with E-state index in [-0.39, 0.29) is 18.3 Å². The van der Waals surface area contributed by atoms with E-state index in [1.807, 2.05) is 13.0 Å². The number of anilines is 1. The Morgan fingerprint density at radius 1 is 1.27 bits per heavy atom. The van der Waals surface area contributed by atoms with Crippen molar-refractivity contribution in [1.82, 2.24) is 9.55 Å². The van der Waals surface area contributed by atoms with E-state index in [0.29, 0.717) is 39.8 Å². The first-order valence-corrected chi connectivity index (χ1v) is 11.2. The smallest absolute Gasteiger partial charge is 0.262 e. The van der Waals surface area contributed by atoms with Crippen LogP contribution >= 0.6 is 27.7 Å². The van der Waals surface area contributed by atoms with Crippen molar-refractivity contribution < 1.29 is 14.3 Å². The number of fused-ring (bicyclic) bond motifs is 2. The molecule has 2 heterocycles. The van der Waals surface area contributed by atoms with Crippen molar-refractivity contribution in [3.8, 4) is 11.5 Å². The summed E-state index contributed by atoms with van der Waals surface area (Å²) in [4.78, 5) is 30.4. The molecular weight excluding hydrogens is 470 g/mol. The van der Waals surface area contributed by atoms with Crippen LogP contribution in [0.15, 0.2) is 50.8 Å². The van der Waals surface area contributed by atoms with Crippen LogP contribution < -0.4 is 20.3 Å². The molecule has 0 saturated heterocycles. The quantitative estimate of drug-likeness (QED) is 0.407. The summed E-state index contributed by atoms with van der Waals surface area (Å²) in [5.41, 5.74) is 1.13. The van der Waals surface area contributed by atoms with Gasteiger partial charge >= 0.3 is 0 Å². The van der Waals surface area contributed by atoms with Crippen LogP contribution in [0.2, 0.25) is 0 Å². The highest BCUT2D eigenvalue weighted by molar-refractivity contribution is 9.10. The average molecular weight is 490 g/mol. The van der Waals surface area contributed by atoms with Crippen LogP contribution in [0.25, 0.3) is 10.9 Å². The lowest BCUT2D eigenvalue weighted by molar-refractivity contribution is -0.115. The number of amides is 1. The number of aromatic nitrogens is 2. The molecule has 4 rings (SSSR count). The highest BCUT2D eigenvalue weighted by atomic mass is 79.9. The Hall–Kier alpha value is -2.52. The number of thioether (sulfide) groups is 1. The Balaban J connectivity index is 1.58. The van der Waals surface area contributed by atoms with Gasteiger partial charge in [-0.05, 0) is 43.7 Å². The third-order valence-electron chi connectivity index (χ3n) is 4.62. The monoisotopic (exact) mass is 489 g/mol. The van der Waals surface area contributed by atoms with Gasteiger partial charge in [-0.2, -0.15) is 0 Å². The van der Waals surface area contributed by atoms with Gasteiger partial charge < -0.3 is 14.8 Å². The van der Waals surface area contributed by atoms with Gasteiger partial charge in [0.05, 0.1) is 16.2 Å². The van der Waals surface area contributed by atoms with Crippen molar-refractivity contribution in [1.29, 1.82) is 0 Å². The summed E-state index contributed by atoms with van der Waals surface area (Å²) in [7, 11) is 0. The Kier molecular flexibility index (Phi) is 6.01. The molecule has 1 aromatic heterocycles. The fourth-order valence-electron chi connectivity index (χ4n) is 3.11. The Bertz CT molecular complexity index is 1180. The molecule has 0 bridgehead atoms. The van der Waals surface area contributed by atoms with E-state index in [4.69, 9.17) is 9.47 Å². The molecule has 0 radical (unpaired) electrons.